The Bertz CT molecular complexity index is 706. The van der Waals surface area contributed by atoms with Crippen LogP contribution in [-0.4, -0.2) is 25.3 Å². The van der Waals surface area contributed by atoms with Gasteiger partial charge in [-0.2, -0.15) is 0 Å². The number of fused-ring (bicyclic) bond motifs is 2. The van der Waals surface area contributed by atoms with Crippen LogP contribution < -0.4 is 5.32 Å². The molecule has 1 N–H and O–H groups in total. The molecule has 1 amide bonds. The monoisotopic (exact) mass is 387 g/mol. The number of rotatable bonds is 4. The van der Waals surface area contributed by atoms with Gasteiger partial charge in [0.15, 0.2) is 0 Å². The molecule has 2 heterocycles. The molecule has 0 radical (unpaired) electrons. The van der Waals surface area contributed by atoms with Crippen molar-refractivity contribution in [2.24, 2.45) is 23.2 Å². The van der Waals surface area contributed by atoms with Crippen LogP contribution in [0.1, 0.15) is 64.7 Å². The molecule has 1 saturated heterocycles. The Morgan fingerprint density at radius 3 is 2.79 bits per heavy atom. The first-order chi connectivity index (χ1) is 13.5. The van der Waals surface area contributed by atoms with Crippen LogP contribution in [-0.2, 0) is 9.47 Å². The van der Waals surface area contributed by atoms with Crippen molar-refractivity contribution in [1.29, 1.82) is 0 Å². The van der Waals surface area contributed by atoms with Crippen LogP contribution in [0.15, 0.2) is 34.5 Å². The van der Waals surface area contributed by atoms with Gasteiger partial charge in [0.05, 0.1) is 12.9 Å². The number of hydrogen-bond donors (Lipinski definition) is 1. The van der Waals surface area contributed by atoms with Crippen molar-refractivity contribution in [3.63, 3.8) is 0 Å². The minimum atomic E-state index is -0.281. The lowest BCUT2D eigenvalue weighted by Gasteiger charge is -2.54. The second kappa shape index (κ2) is 7.94. The van der Waals surface area contributed by atoms with Gasteiger partial charge in [-0.15, -0.1) is 0 Å². The number of carbonyl (C=O) groups excluding carboxylic acids is 1. The highest BCUT2D eigenvalue weighted by molar-refractivity contribution is 5.67. The van der Waals surface area contributed by atoms with Crippen molar-refractivity contribution in [3.8, 4) is 0 Å². The molecule has 3 aliphatic rings. The first-order valence-electron chi connectivity index (χ1n) is 10.8. The minimum absolute atomic E-state index is 0.0714. The number of alkyl carbamates (subject to hydrolysis) is 1. The molecule has 5 nitrogen and oxygen atoms in total. The van der Waals surface area contributed by atoms with Gasteiger partial charge in [0.2, 0.25) is 0 Å². The second-order valence-electron chi connectivity index (χ2n) is 9.05. The summed E-state index contributed by atoms with van der Waals surface area (Å²) in [7, 11) is 0. The summed E-state index contributed by atoms with van der Waals surface area (Å²) in [5.74, 6) is 1.74. The molecule has 154 valence electrons. The van der Waals surface area contributed by atoms with E-state index in [2.05, 4.69) is 32.2 Å². The predicted octanol–water partition coefficient (Wildman–Crippen LogP) is 5.24. The van der Waals surface area contributed by atoms with E-state index in [4.69, 9.17) is 13.9 Å². The summed E-state index contributed by atoms with van der Waals surface area (Å²) in [5, 5.41) is 3.07. The SMILES string of the molecule is CC1=C[C@H](C)[C@]2(COC(=O)NC3CCCCC3)CO[C@@H](c3ccco3)[C@@H]1[C@H]2C. The zero-order valence-corrected chi connectivity index (χ0v) is 17.3. The van der Waals surface area contributed by atoms with Crippen molar-refractivity contribution >= 4 is 6.09 Å². The highest BCUT2D eigenvalue weighted by Gasteiger charge is 2.55. The van der Waals surface area contributed by atoms with E-state index in [1.807, 2.05) is 12.1 Å². The molecule has 4 rings (SSSR count). The van der Waals surface area contributed by atoms with Crippen molar-refractivity contribution in [2.75, 3.05) is 13.2 Å². The fourth-order valence-electron chi connectivity index (χ4n) is 5.62. The average molecular weight is 388 g/mol. The summed E-state index contributed by atoms with van der Waals surface area (Å²) >= 11 is 0. The van der Waals surface area contributed by atoms with Gasteiger partial charge >= 0.3 is 6.09 Å². The lowest BCUT2D eigenvalue weighted by molar-refractivity contribution is -0.170. The van der Waals surface area contributed by atoms with Crippen LogP contribution in [0.5, 0.6) is 0 Å². The third-order valence-corrected chi connectivity index (χ3v) is 7.47. The summed E-state index contributed by atoms with van der Waals surface area (Å²) < 4.78 is 17.8. The van der Waals surface area contributed by atoms with Gasteiger partial charge in [-0.3, -0.25) is 0 Å². The number of furan rings is 1. The van der Waals surface area contributed by atoms with E-state index in [-0.39, 0.29) is 29.6 Å². The Morgan fingerprint density at radius 2 is 2.07 bits per heavy atom. The Labute approximate surface area is 167 Å². The number of hydrogen-bond acceptors (Lipinski definition) is 4. The second-order valence-corrected chi connectivity index (χ2v) is 9.05. The zero-order chi connectivity index (χ0) is 19.7. The van der Waals surface area contributed by atoms with Crippen molar-refractivity contribution in [1.82, 2.24) is 5.32 Å². The summed E-state index contributed by atoms with van der Waals surface area (Å²) in [6.45, 7) is 7.63. The molecule has 1 saturated carbocycles. The van der Waals surface area contributed by atoms with E-state index < -0.39 is 0 Å². The molecule has 1 aliphatic heterocycles. The van der Waals surface area contributed by atoms with E-state index in [9.17, 15) is 4.79 Å². The molecule has 1 aromatic rings. The lowest BCUT2D eigenvalue weighted by Crippen LogP contribution is -2.55. The van der Waals surface area contributed by atoms with Gasteiger partial charge in [0.25, 0.3) is 0 Å². The average Bonchev–Trinajstić information content (AvgIpc) is 3.21. The Hall–Kier alpha value is -1.75. The number of nitrogens with one attached hydrogen (secondary N) is 1. The number of allylic oxidation sites excluding steroid dienone is 1. The first-order valence-corrected chi connectivity index (χ1v) is 10.8. The number of ether oxygens (including phenoxy) is 2. The van der Waals surface area contributed by atoms with Crippen molar-refractivity contribution in [3.05, 3.63) is 35.8 Å². The van der Waals surface area contributed by atoms with Gasteiger partial charge in [-0.25, -0.2) is 4.79 Å². The molecule has 2 aliphatic carbocycles. The van der Waals surface area contributed by atoms with Crippen LogP contribution in [0.25, 0.3) is 0 Å². The van der Waals surface area contributed by atoms with E-state index in [1.165, 1.54) is 24.8 Å². The molecule has 5 atom stereocenters. The quantitative estimate of drug-likeness (QED) is 0.717. The molecular weight excluding hydrogens is 354 g/mol. The van der Waals surface area contributed by atoms with Gasteiger partial charge in [0.1, 0.15) is 18.5 Å². The Kier molecular flexibility index (Phi) is 5.55. The van der Waals surface area contributed by atoms with Crippen molar-refractivity contribution in [2.45, 2.75) is 65.0 Å². The molecule has 0 spiro atoms. The number of amides is 1. The highest BCUT2D eigenvalue weighted by Crippen LogP contribution is 2.56. The molecule has 5 heteroatoms. The maximum Gasteiger partial charge on any atom is 0.407 e. The van der Waals surface area contributed by atoms with Crippen molar-refractivity contribution < 1.29 is 18.7 Å². The van der Waals surface area contributed by atoms with Crippen LogP contribution in [0.2, 0.25) is 0 Å². The van der Waals surface area contributed by atoms with E-state index in [0.717, 1.165) is 18.6 Å². The van der Waals surface area contributed by atoms with Crippen LogP contribution >= 0.6 is 0 Å². The maximum absolute atomic E-state index is 12.4. The van der Waals surface area contributed by atoms with E-state index in [1.54, 1.807) is 6.26 Å². The van der Waals surface area contributed by atoms with Gasteiger partial charge in [-0.05, 0) is 43.7 Å². The molecule has 28 heavy (non-hydrogen) atoms. The molecule has 0 aromatic carbocycles. The molecule has 2 fully saturated rings. The predicted molar refractivity (Wildman–Crippen MR) is 107 cm³/mol. The standard InChI is InChI=1S/C23H33NO4/c1-15-12-16(2)23(14-28-22(25)24-18-8-5-4-6-9-18)13-27-21(20(15)17(23)3)19-10-7-11-26-19/h7,10-12,16-18,20-21H,4-6,8-9,13-14H2,1-3H3,(H,24,25)/t16-,17+,20-,21-,23+/m0/s1. The van der Waals surface area contributed by atoms with Crippen LogP contribution in [0, 0.1) is 23.2 Å². The third kappa shape index (κ3) is 3.49. The van der Waals surface area contributed by atoms with E-state index in [0.29, 0.717) is 25.0 Å². The van der Waals surface area contributed by atoms with Gasteiger partial charge in [0, 0.05) is 17.4 Å². The smallest absolute Gasteiger partial charge is 0.407 e. The molecular formula is C23H33NO4. The van der Waals surface area contributed by atoms with E-state index >= 15 is 0 Å². The Morgan fingerprint density at radius 1 is 1.29 bits per heavy atom. The summed E-state index contributed by atoms with van der Waals surface area (Å²) in [6, 6.07) is 4.17. The van der Waals surface area contributed by atoms with Crippen LogP contribution in [0.4, 0.5) is 4.79 Å². The summed E-state index contributed by atoms with van der Waals surface area (Å²) in [5.41, 5.74) is 1.14. The summed E-state index contributed by atoms with van der Waals surface area (Å²) in [4.78, 5) is 12.4. The first kappa shape index (κ1) is 19.6. The zero-order valence-electron chi connectivity index (χ0n) is 17.3. The molecule has 0 unspecified atom stereocenters. The minimum Gasteiger partial charge on any atom is -0.467 e. The lowest BCUT2D eigenvalue weighted by atomic mass is 9.56. The van der Waals surface area contributed by atoms with Crippen LogP contribution in [0.3, 0.4) is 0 Å². The molecule has 2 bridgehead atoms. The normalized spacial score (nSPS) is 35.9. The maximum atomic E-state index is 12.4. The third-order valence-electron chi connectivity index (χ3n) is 7.47. The molecule has 1 aromatic heterocycles. The van der Waals surface area contributed by atoms with Gasteiger partial charge < -0.3 is 19.2 Å². The summed E-state index contributed by atoms with van der Waals surface area (Å²) in [6.07, 6.45) is 9.46. The van der Waals surface area contributed by atoms with Gasteiger partial charge in [-0.1, -0.05) is 44.8 Å². The fraction of sp³-hybridized carbons (Fsp3) is 0.696. The number of carbonyl (C=O) groups is 1. The largest absolute Gasteiger partial charge is 0.467 e. The Balaban J connectivity index is 1.46. The topological polar surface area (TPSA) is 60.7 Å². The highest BCUT2D eigenvalue weighted by atomic mass is 16.6. The fourth-order valence-corrected chi connectivity index (χ4v) is 5.62.